The molecule has 1 aromatic heterocycles. The lowest BCUT2D eigenvalue weighted by atomic mass is 10.1. The molecule has 6 heteroatoms. The maximum atomic E-state index is 12.7. The van der Waals surface area contributed by atoms with Gasteiger partial charge in [0.25, 0.3) is 5.91 Å². The van der Waals surface area contributed by atoms with E-state index >= 15 is 0 Å². The fraction of sp³-hybridized carbons (Fsp3) is 0.0500. The second-order valence-electron chi connectivity index (χ2n) is 5.56. The number of aromatic carboxylic acids is 1. The van der Waals surface area contributed by atoms with E-state index in [1.54, 1.807) is 31.3 Å². The summed E-state index contributed by atoms with van der Waals surface area (Å²) < 4.78 is 0. The number of carboxylic acids is 1. The number of carbonyl (C=O) groups excluding carboxylic acids is 1. The van der Waals surface area contributed by atoms with E-state index < -0.39 is 5.97 Å². The van der Waals surface area contributed by atoms with Crippen molar-refractivity contribution in [3.05, 3.63) is 83.6 Å². The summed E-state index contributed by atoms with van der Waals surface area (Å²) in [6.07, 6.45) is 1.65. The largest absolute Gasteiger partial charge is 0.478 e. The quantitative estimate of drug-likeness (QED) is 0.697. The zero-order chi connectivity index (χ0) is 18.5. The molecule has 2 N–H and O–H groups in total. The van der Waals surface area contributed by atoms with Crippen molar-refractivity contribution in [2.24, 2.45) is 0 Å². The number of rotatable bonds is 5. The zero-order valence-electron chi connectivity index (χ0n) is 14.0. The maximum absolute atomic E-state index is 12.7. The van der Waals surface area contributed by atoms with Crippen LogP contribution in [0.1, 0.15) is 26.3 Å². The lowest BCUT2D eigenvalue weighted by Gasteiger charge is -2.11. The Morgan fingerprint density at radius 3 is 2.50 bits per heavy atom. The molecule has 0 aliphatic heterocycles. The van der Waals surface area contributed by atoms with Crippen LogP contribution in [-0.4, -0.2) is 22.0 Å². The first-order valence-electron chi connectivity index (χ1n) is 7.88. The molecule has 0 radical (unpaired) electrons. The molecule has 0 bridgehead atoms. The summed E-state index contributed by atoms with van der Waals surface area (Å²) in [5.74, 6) is -1.29. The van der Waals surface area contributed by atoms with Gasteiger partial charge in [-0.3, -0.25) is 4.79 Å². The first-order valence-corrected chi connectivity index (χ1v) is 8.69. The van der Waals surface area contributed by atoms with E-state index in [4.69, 9.17) is 5.11 Å². The van der Waals surface area contributed by atoms with Gasteiger partial charge >= 0.3 is 5.97 Å². The Balaban J connectivity index is 1.84. The first-order chi connectivity index (χ1) is 12.5. The normalized spacial score (nSPS) is 10.3. The molecule has 26 heavy (non-hydrogen) atoms. The maximum Gasteiger partial charge on any atom is 0.335 e. The van der Waals surface area contributed by atoms with Gasteiger partial charge in [0.1, 0.15) is 5.03 Å². The number of aryl methyl sites for hydroxylation is 1. The average molecular weight is 364 g/mol. The van der Waals surface area contributed by atoms with Gasteiger partial charge in [-0.25, -0.2) is 9.78 Å². The van der Waals surface area contributed by atoms with E-state index in [9.17, 15) is 9.59 Å². The van der Waals surface area contributed by atoms with Crippen molar-refractivity contribution >= 4 is 29.3 Å². The van der Waals surface area contributed by atoms with Gasteiger partial charge in [-0.1, -0.05) is 30.0 Å². The fourth-order valence-corrected chi connectivity index (χ4v) is 3.27. The number of aromatic nitrogens is 1. The van der Waals surface area contributed by atoms with Crippen molar-refractivity contribution in [2.45, 2.75) is 16.8 Å². The molecule has 1 amide bonds. The van der Waals surface area contributed by atoms with E-state index in [0.29, 0.717) is 21.8 Å². The molecule has 0 unspecified atom stereocenters. The molecule has 0 aliphatic carbocycles. The van der Waals surface area contributed by atoms with Gasteiger partial charge in [0.05, 0.1) is 11.1 Å². The molecule has 0 spiro atoms. The number of carboxylic acid groups (broad SMARTS) is 1. The highest BCUT2D eigenvalue weighted by atomic mass is 32.2. The fourth-order valence-electron chi connectivity index (χ4n) is 2.37. The Hall–Kier alpha value is -3.12. The minimum atomic E-state index is -1.00. The van der Waals surface area contributed by atoms with Crippen molar-refractivity contribution in [1.82, 2.24) is 4.98 Å². The van der Waals surface area contributed by atoms with Crippen LogP contribution in [0.25, 0.3) is 0 Å². The molecule has 3 aromatic rings. The Labute approximate surface area is 155 Å². The van der Waals surface area contributed by atoms with Crippen molar-refractivity contribution in [3.8, 4) is 0 Å². The number of pyridine rings is 1. The minimum Gasteiger partial charge on any atom is -0.478 e. The van der Waals surface area contributed by atoms with Crippen molar-refractivity contribution in [3.63, 3.8) is 0 Å². The molecule has 0 saturated heterocycles. The van der Waals surface area contributed by atoms with Crippen LogP contribution in [0.5, 0.6) is 0 Å². The monoisotopic (exact) mass is 364 g/mol. The Morgan fingerprint density at radius 2 is 1.81 bits per heavy atom. The summed E-state index contributed by atoms with van der Waals surface area (Å²) in [4.78, 5) is 29.1. The molecule has 0 fully saturated rings. The Kier molecular flexibility index (Phi) is 5.34. The standard InChI is InChI=1S/C20H16N2O3S/c1-13-12-14(20(24)25)9-10-17(13)22-18(23)16-8-5-11-21-19(16)26-15-6-3-2-4-7-15/h2-12H,1H3,(H,22,23)(H,24,25). The molecule has 1 heterocycles. The number of hydrogen-bond donors (Lipinski definition) is 2. The van der Waals surface area contributed by atoms with Gasteiger partial charge in [0.15, 0.2) is 0 Å². The van der Waals surface area contributed by atoms with Gasteiger partial charge < -0.3 is 10.4 Å². The van der Waals surface area contributed by atoms with E-state index in [-0.39, 0.29) is 11.5 Å². The van der Waals surface area contributed by atoms with Crippen LogP contribution in [0.3, 0.4) is 0 Å². The van der Waals surface area contributed by atoms with Crippen LogP contribution in [0.4, 0.5) is 5.69 Å². The predicted octanol–water partition coefficient (Wildman–Crippen LogP) is 4.49. The third-order valence-electron chi connectivity index (χ3n) is 3.70. The van der Waals surface area contributed by atoms with Crippen LogP contribution in [0.2, 0.25) is 0 Å². The molecule has 0 saturated carbocycles. The molecule has 5 nitrogen and oxygen atoms in total. The van der Waals surface area contributed by atoms with E-state index in [2.05, 4.69) is 10.3 Å². The van der Waals surface area contributed by atoms with E-state index in [0.717, 1.165) is 4.90 Å². The SMILES string of the molecule is Cc1cc(C(=O)O)ccc1NC(=O)c1cccnc1Sc1ccccc1. The molecule has 3 rings (SSSR count). The molecule has 2 aromatic carbocycles. The molecular formula is C20H16N2O3S. The van der Waals surface area contributed by atoms with Gasteiger partial charge in [0, 0.05) is 16.8 Å². The summed E-state index contributed by atoms with van der Waals surface area (Å²) in [6, 6.07) is 17.7. The zero-order valence-corrected chi connectivity index (χ0v) is 14.8. The Morgan fingerprint density at radius 1 is 1.04 bits per heavy atom. The van der Waals surface area contributed by atoms with E-state index in [1.165, 1.54) is 23.9 Å². The summed E-state index contributed by atoms with van der Waals surface area (Å²) in [5, 5.41) is 12.5. The predicted molar refractivity (Wildman–Crippen MR) is 101 cm³/mol. The summed E-state index contributed by atoms with van der Waals surface area (Å²) in [7, 11) is 0. The highest BCUT2D eigenvalue weighted by molar-refractivity contribution is 7.99. The van der Waals surface area contributed by atoms with Gasteiger partial charge in [0.2, 0.25) is 0 Å². The molecular weight excluding hydrogens is 348 g/mol. The highest BCUT2D eigenvalue weighted by Gasteiger charge is 2.15. The average Bonchev–Trinajstić information content (AvgIpc) is 2.64. The second kappa shape index (κ2) is 7.84. The number of carbonyl (C=O) groups is 2. The summed E-state index contributed by atoms with van der Waals surface area (Å²) >= 11 is 1.41. The summed E-state index contributed by atoms with van der Waals surface area (Å²) in [6.45, 7) is 1.75. The number of amides is 1. The number of nitrogens with zero attached hydrogens (tertiary/aromatic N) is 1. The van der Waals surface area contributed by atoms with Crippen LogP contribution in [0.15, 0.2) is 76.8 Å². The molecule has 0 aliphatic rings. The highest BCUT2D eigenvalue weighted by Crippen LogP contribution is 2.29. The Bertz CT molecular complexity index is 958. The van der Waals surface area contributed by atoms with Crippen LogP contribution in [0, 0.1) is 6.92 Å². The first kappa shape index (κ1) is 17.7. The minimum absolute atomic E-state index is 0.183. The third kappa shape index (κ3) is 4.10. The van der Waals surface area contributed by atoms with Crippen LogP contribution < -0.4 is 5.32 Å². The number of benzene rings is 2. The topological polar surface area (TPSA) is 79.3 Å². The number of anilines is 1. The van der Waals surface area contributed by atoms with Crippen molar-refractivity contribution < 1.29 is 14.7 Å². The number of nitrogens with one attached hydrogen (secondary N) is 1. The second-order valence-corrected chi connectivity index (χ2v) is 6.62. The van der Waals surface area contributed by atoms with Gasteiger partial charge in [-0.05, 0) is 55.0 Å². The number of hydrogen-bond acceptors (Lipinski definition) is 4. The lowest BCUT2D eigenvalue weighted by Crippen LogP contribution is -2.14. The lowest BCUT2D eigenvalue weighted by molar-refractivity contribution is 0.0696. The molecule has 0 atom stereocenters. The van der Waals surface area contributed by atoms with Gasteiger partial charge in [-0.15, -0.1) is 0 Å². The van der Waals surface area contributed by atoms with Crippen molar-refractivity contribution in [2.75, 3.05) is 5.32 Å². The van der Waals surface area contributed by atoms with Gasteiger partial charge in [-0.2, -0.15) is 0 Å². The van der Waals surface area contributed by atoms with Crippen LogP contribution >= 0.6 is 11.8 Å². The summed E-state index contributed by atoms with van der Waals surface area (Å²) in [5.41, 5.74) is 1.89. The van der Waals surface area contributed by atoms with Crippen LogP contribution in [-0.2, 0) is 0 Å². The third-order valence-corrected chi connectivity index (χ3v) is 4.72. The van der Waals surface area contributed by atoms with Crippen molar-refractivity contribution in [1.29, 1.82) is 0 Å². The molecule has 130 valence electrons. The smallest absolute Gasteiger partial charge is 0.335 e. The van der Waals surface area contributed by atoms with E-state index in [1.807, 2.05) is 30.3 Å².